The zero-order chi connectivity index (χ0) is 18.6. The van der Waals surface area contributed by atoms with E-state index >= 15 is 0 Å². The zero-order valence-corrected chi connectivity index (χ0v) is 16.7. The average molecular weight is 393 g/mol. The summed E-state index contributed by atoms with van der Waals surface area (Å²) < 4.78 is 0. The predicted octanol–water partition coefficient (Wildman–Crippen LogP) is 2.99. The van der Waals surface area contributed by atoms with Crippen LogP contribution in [0.4, 0.5) is 0 Å². The number of carbonyl (C=O) groups is 1. The molecule has 3 rings (SSSR count). The third-order valence-electron chi connectivity index (χ3n) is 5.61. The Hall–Kier alpha value is -1.92. The molecule has 0 aliphatic heterocycles. The lowest BCUT2D eigenvalue weighted by molar-refractivity contribution is -0.134. The first kappa shape index (κ1) is 21.4. The monoisotopic (exact) mass is 392 g/mol. The van der Waals surface area contributed by atoms with Crippen LogP contribution in [-0.4, -0.2) is 33.9 Å². The van der Waals surface area contributed by atoms with Gasteiger partial charge in [0.15, 0.2) is 0 Å². The fourth-order valence-corrected chi connectivity index (χ4v) is 3.95. The molecule has 1 fully saturated rings. The van der Waals surface area contributed by atoms with Crippen LogP contribution in [-0.2, 0) is 11.3 Å². The highest BCUT2D eigenvalue weighted by Gasteiger charge is 2.34. The van der Waals surface area contributed by atoms with Gasteiger partial charge in [0.25, 0.3) is 5.56 Å². The molecule has 3 N–H and O–H groups in total. The Morgan fingerprint density at radius 1 is 1.26 bits per heavy atom. The number of hydrogen-bond acceptors (Lipinski definition) is 4. The van der Waals surface area contributed by atoms with Gasteiger partial charge in [-0.15, -0.1) is 12.4 Å². The number of aromatic nitrogens is 2. The molecule has 0 spiro atoms. The van der Waals surface area contributed by atoms with Crippen LogP contribution >= 0.6 is 12.4 Å². The fraction of sp³-hybridized carbons (Fsp3) is 0.550. The van der Waals surface area contributed by atoms with E-state index in [1.807, 2.05) is 25.1 Å². The molecule has 7 heteroatoms. The summed E-state index contributed by atoms with van der Waals surface area (Å²) >= 11 is 0. The van der Waals surface area contributed by atoms with E-state index in [1.54, 1.807) is 11.0 Å². The number of carbonyl (C=O) groups excluding carboxylic acids is 1. The SMILES string of the molecule is CCN(Cc1nc2ccccc2c(=O)[nH]1)C(=O)CC1(CN)CCCCC1.Cl. The number of nitrogens with two attached hydrogens (primary N) is 1. The summed E-state index contributed by atoms with van der Waals surface area (Å²) in [6.45, 7) is 3.40. The molecule has 148 valence electrons. The number of amides is 1. The summed E-state index contributed by atoms with van der Waals surface area (Å²) in [4.78, 5) is 34.2. The molecule has 1 aromatic carbocycles. The number of H-pyrrole nitrogens is 1. The Kier molecular flexibility index (Phi) is 7.39. The van der Waals surface area contributed by atoms with Gasteiger partial charge in [-0.3, -0.25) is 9.59 Å². The number of nitrogens with one attached hydrogen (secondary N) is 1. The maximum absolute atomic E-state index is 12.9. The van der Waals surface area contributed by atoms with Gasteiger partial charge in [-0.1, -0.05) is 31.4 Å². The maximum atomic E-state index is 12.9. The van der Waals surface area contributed by atoms with E-state index in [0.717, 1.165) is 25.7 Å². The molecule has 27 heavy (non-hydrogen) atoms. The molecule has 0 bridgehead atoms. The minimum absolute atomic E-state index is 0. The van der Waals surface area contributed by atoms with E-state index in [4.69, 9.17) is 5.73 Å². The van der Waals surface area contributed by atoms with Crippen molar-refractivity contribution in [2.45, 2.75) is 52.0 Å². The van der Waals surface area contributed by atoms with Gasteiger partial charge in [0, 0.05) is 13.0 Å². The van der Waals surface area contributed by atoms with E-state index in [2.05, 4.69) is 9.97 Å². The third-order valence-corrected chi connectivity index (χ3v) is 5.61. The smallest absolute Gasteiger partial charge is 0.258 e. The minimum atomic E-state index is -0.167. The normalized spacial score (nSPS) is 15.9. The Morgan fingerprint density at radius 3 is 2.63 bits per heavy atom. The summed E-state index contributed by atoms with van der Waals surface area (Å²) in [5.74, 6) is 0.616. The molecule has 1 aliphatic rings. The molecule has 0 radical (unpaired) electrons. The summed E-state index contributed by atoms with van der Waals surface area (Å²) in [5, 5.41) is 0.565. The van der Waals surface area contributed by atoms with Gasteiger partial charge < -0.3 is 15.6 Å². The summed E-state index contributed by atoms with van der Waals surface area (Å²) in [5.41, 5.74) is 6.46. The topological polar surface area (TPSA) is 92.1 Å². The van der Waals surface area contributed by atoms with Gasteiger partial charge in [0.1, 0.15) is 5.82 Å². The Balaban J connectivity index is 0.00000261. The van der Waals surface area contributed by atoms with Crippen molar-refractivity contribution in [2.24, 2.45) is 11.1 Å². The van der Waals surface area contributed by atoms with Crippen LogP contribution in [0, 0.1) is 5.41 Å². The highest BCUT2D eigenvalue weighted by molar-refractivity contribution is 5.85. The number of para-hydroxylation sites is 1. The van der Waals surface area contributed by atoms with Crippen molar-refractivity contribution in [1.29, 1.82) is 0 Å². The number of hydrogen-bond donors (Lipinski definition) is 2. The van der Waals surface area contributed by atoms with Crippen LogP contribution in [0.5, 0.6) is 0 Å². The van der Waals surface area contributed by atoms with E-state index in [0.29, 0.717) is 42.8 Å². The van der Waals surface area contributed by atoms with E-state index in [-0.39, 0.29) is 29.3 Å². The van der Waals surface area contributed by atoms with Crippen LogP contribution in [0.2, 0.25) is 0 Å². The summed E-state index contributed by atoms with van der Waals surface area (Å²) in [7, 11) is 0. The second-order valence-electron chi connectivity index (χ2n) is 7.38. The number of aromatic amines is 1. The van der Waals surface area contributed by atoms with Crippen molar-refractivity contribution in [2.75, 3.05) is 13.1 Å². The lowest BCUT2D eigenvalue weighted by atomic mass is 9.71. The van der Waals surface area contributed by atoms with Gasteiger partial charge in [-0.2, -0.15) is 0 Å². The van der Waals surface area contributed by atoms with Crippen LogP contribution in [0.25, 0.3) is 10.9 Å². The first-order valence-corrected chi connectivity index (χ1v) is 9.53. The van der Waals surface area contributed by atoms with Gasteiger partial charge in [-0.05, 0) is 43.9 Å². The highest BCUT2D eigenvalue weighted by atomic mass is 35.5. The average Bonchev–Trinajstić information content (AvgIpc) is 2.66. The van der Waals surface area contributed by atoms with Crippen LogP contribution in [0.1, 0.15) is 51.3 Å². The molecule has 2 aromatic rings. The van der Waals surface area contributed by atoms with E-state index in [9.17, 15) is 9.59 Å². The quantitative estimate of drug-likeness (QED) is 0.790. The van der Waals surface area contributed by atoms with Gasteiger partial charge >= 0.3 is 0 Å². The molecule has 6 nitrogen and oxygen atoms in total. The third kappa shape index (κ3) is 4.87. The number of benzene rings is 1. The van der Waals surface area contributed by atoms with Gasteiger partial charge in [0.05, 0.1) is 17.4 Å². The molecule has 0 saturated heterocycles. The van der Waals surface area contributed by atoms with Crippen LogP contribution < -0.4 is 11.3 Å². The first-order chi connectivity index (χ1) is 12.6. The Labute approximate surface area is 166 Å². The van der Waals surface area contributed by atoms with Crippen molar-refractivity contribution in [3.8, 4) is 0 Å². The second kappa shape index (κ2) is 9.33. The Morgan fingerprint density at radius 2 is 1.96 bits per heavy atom. The maximum Gasteiger partial charge on any atom is 0.258 e. The predicted molar refractivity (Wildman–Crippen MR) is 110 cm³/mol. The minimum Gasteiger partial charge on any atom is -0.335 e. The largest absolute Gasteiger partial charge is 0.335 e. The van der Waals surface area contributed by atoms with Crippen LogP contribution in [0.3, 0.4) is 0 Å². The molecule has 1 amide bonds. The van der Waals surface area contributed by atoms with Crippen molar-refractivity contribution in [3.05, 3.63) is 40.4 Å². The standard InChI is InChI=1S/C20H28N4O2.ClH/c1-2-24(18(25)12-20(14-21)10-6-3-7-11-20)13-17-22-16-9-5-4-8-15(16)19(26)23-17;/h4-5,8-9H,2-3,6-7,10-14,21H2,1H3,(H,22,23,26);1H. The molecule has 1 aliphatic carbocycles. The lowest BCUT2D eigenvalue weighted by Crippen LogP contribution is -2.40. The molecule has 1 aromatic heterocycles. The molecule has 1 heterocycles. The number of nitrogens with zero attached hydrogens (tertiary/aromatic N) is 2. The van der Waals surface area contributed by atoms with E-state index in [1.165, 1.54) is 6.42 Å². The summed E-state index contributed by atoms with van der Waals surface area (Å²) in [6.07, 6.45) is 6.06. The fourth-order valence-electron chi connectivity index (χ4n) is 3.95. The van der Waals surface area contributed by atoms with Gasteiger partial charge in [0.2, 0.25) is 5.91 Å². The van der Waals surface area contributed by atoms with Crippen molar-refractivity contribution < 1.29 is 4.79 Å². The Bertz CT molecular complexity index is 830. The van der Waals surface area contributed by atoms with Crippen molar-refractivity contribution in [1.82, 2.24) is 14.9 Å². The van der Waals surface area contributed by atoms with E-state index < -0.39 is 0 Å². The van der Waals surface area contributed by atoms with Crippen molar-refractivity contribution >= 4 is 29.2 Å². The molecule has 1 saturated carbocycles. The molecule has 0 atom stereocenters. The molecular formula is C20H29ClN4O2. The second-order valence-corrected chi connectivity index (χ2v) is 7.38. The highest BCUT2D eigenvalue weighted by Crippen LogP contribution is 2.38. The molecule has 0 unspecified atom stereocenters. The van der Waals surface area contributed by atoms with Crippen molar-refractivity contribution in [3.63, 3.8) is 0 Å². The van der Waals surface area contributed by atoms with Gasteiger partial charge in [-0.25, -0.2) is 4.98 Å². The number of fused-ring (bicyclic) bond motifs is 1. The molecular weight excluding hydrogens is 364 g/mol. The zero-order valence-electron chi connectivity index (χ0n) is 15.9. The number of halogens is 1. The van der Waals surface area contributed by atoms with Crippen LogP contribution in [0.15, 0.2) is 29.1 Å². The summed E-state index contributed by atoms with van der Waals surface area (Å²) in [6, 6.07) is 7.24. The first-order valence-electron chi connectivity index (χ1n) is 9.53. The lowest BCUT2D eigenvalue weighted by Gasteiger charge is -2.37. The number of rotatable bonds is 6.